The van der Waals surface area contributed by atoms with Crippen LogP contribution in [0.1, 0.15) is 6.42 Å². The molecule has 0 amide bonds. The van der Waals surface area contributed by atoms with E-state index in [4.69, 9.17) is 16.3 Å². The first-order chi connectivity index (χ1) is 4.41. The molecule has 0 aromatic rings. The lowest BCUT2D eigenvalue weighted by atomic mass is 10.4. The van der Waals surface area contributed by atoms with Crippen molar-refractivity contribution in [3.8, 4) is 12.3 Å². The Hall–Kier alpha value is -0.940. The first-order valence-electron chi connectivity index (χ1n) is 2.72. The third-order valence-corrected chi connectivity index (χ3v) is 0.720. The maximum absolute atomic E-state index is 8.15. The first kappa shape index (κ1) is 8.06. The largest absolute Gasteiger partial charge is 0.516 e. The SMILES string of the molecule is C#CCOCC/C=C/O. The minimum Gasteiger partial charge on any atom is -0.516 e. The van der Waals surface area contributed by atoms with Crippen LogP contribution < -0.4 is 0 Å². The van der Waals surface area contributed by atoms with Crippen LogP contribution in [0.2, 0.25) is 0 Å². The van der Waals surface area contributed by atoms with Crippen molar-refractivity contribution >= 4 is 0 Å². The van der Waals surface area contributed by atoms with E-state index in [0.717, 1.165) is 6.26 Å². The fourth-order valence-electron chi connectivity index (χ4n) is 0.357. The molecule has 50 valence electrons. The summed E-state index contributed by atoms with van der Waals surface area (Å²) in [5.41, 5.74) is 0. The van der Waals surface area contributed by atoms with E-state index in [2.05, 4.69) is 5.92 Å². The predicted octanol–water partition coefficient (Wildman–Crippen LogP) is 1.10. The first-order valence-corrected chi connectivity index (χ1v) is 2.72. The highest BCUT2D eigenvalue weighted by atomic mass is 16.5. The Labute approximate surface area is 55.1 Å². The van der Waals surface area contributed by atoms with Crippen LogP contribution in [0.3, 0.4) is 0 Å². The zero-order chi connectivity index (χ0) is 6.95. The van der Waals surface area contributed by atoms with Crippen molar-refractivity contribution in [2.24, 2.45) is 0 Å². The molecule has 1 N–H and O–H groups in total. The van der Waals surface area contributed by atoms with E-state index < -0.39 is 0 Å². The fourth-order valence-corrected chi connectivity index (χ4v) is 0.357. The van der Waals surface area contributed by atoms with Gasteiger partial charge in [-0.05, 0) is 12.5 Å². The second kappa shape index (κ2) is 7.06. The zero-order valence-electron chi connectivity index (χ0n) is 5.21. The van der Waals surface area contributed by atoms with Gasteiger partial charge in [0.05, 0.1) is 12.9 Å². The summed E-state index contributed by atoms with van der Waals surface area (Å²) < 4.78 is 4.89. The molecule has 0 unspecified atom stereocenters. The summed E-state index contributed by atoms with van der Waals surface area (Å²) in [5.74, 6) is 2.34. The molecule has 0 aliphatic rings. The quantitative estimate of drug-likeness (QED) is 0.347. The van der Waals surface area contributed by atoms with Gasteiger partial charge in [-0.15, -0.1) is 6.42 Å². The van der Waals surface area contributed by atoms with Gasteiger partial charge < -0.3 is 9.84 Å². The van der Waals surface area contributed by atoms with E-state index in [1.807, 2.05) is 0 Å². The van der Waals surface area contributed by atoms with Crippen molar-refractivity contribution in [2.75, 3.05) is 13.2 Å². The van der Waals surface area contributed by atoms with E-state index in [1.165, 1.54) is 0 Å². The maximum Gasteiger partial charge on any atom is 0.107 e. The minimum atomic E-state index is 0.346. The molecule has 0 radical (unpaired) electrons. The van der Waals surface area contributed by atoms with Crippen molar-refractivity contribution in [3.05, 3.63) is 12.3 Å². The highest BCUT2D eigenvalue weighted by molar-refractivity contribution is 4.83. The maximum atomic E-state index is 8.15. The second-order valence-electron chi connectivity index (χ2n) is 1.43. The van der Waals surface area contributed by atoms with Gasteiger partial charge in [0.1, 0.15) is 6.61 Å². The number of hydrogen-bond donors (Lipinski definition) is 1. The molecule has 2 nitrogen and oxygen atoms in total. The molecule has 0 saturated carbocycles. The summed E-state index contributed by atoms with van der Waals surface area (Å²) in [6, 6.07) is 0. The Kier molecular flexibility index (Phi) is 6.32. The Bertz CT molecular complexity index is 111. The fraction of sp³-hybridized carbons (Fsp3) is 0.429. The topological polar surface area (TPSA) is 29.5 Å². The lowest BCUT2D eigenvalue weighted by Gasteiger charge is -1.92. The van der Waals surface area contributed by atoms with Crippen LogP contribution in [0.5, 0.6) is 0 Å². The molecule has 0 aromatic carbocycles. The highest BCUT2D eigenvalue weighted by Crippen LogP contribution is 1.82. The molecule has 9 heavy (non-hydrogen) atoms. The van der Waals surface area contributed by atoms with Crippen molar-refractivity contribution < 1.29 is 9.84 Å². The van der Waals surface area contributed by atoms with Crippen LogP contribution in [0.25, 0.3) is 0 Å². The minimum absolute atomic E-state index is 0.346. The molecule has 0 aliphatic heterocycles. The number of terminal acetylenes is 1. The van der Waals surface area contributed by atoms with Gasteiger partial charge in [-0.25, -0.2) is 0 Å². The average molecular weight is 126 g/mol. The normalized spacial score (nSPS) is 9.67. The second-order valence-corrected chi connectivity index (χ2v) is 1.43. The van der Waals surface area contributed by atoms with Gasteiger partial charge in [0.2, 0.25) is 0 Å². The van der Waals surface area contributed by atoms with Crippen LogP contribution in [0.15, 0.2) is 12.3 Å². The molecule has 0 atom stereocenters. The monoisotopic (exact) mass is 126 g/mol. The predicted molar refractivity (Wildman–Crippen MR) is 36.0 cm³/mol. The van der Waals surface area contributed by atoms with E-state index in [1.54, 1.807) is 6.08 Å². The summed E-state index contributed by atoms with van der Waals surface area (Å²) in [7, 11) is 0. The Morgan fingerprint density at radius 3 is 3.00 bits per heavy atom. The van der Waals surface area contributed by atoms with E-state index in [-0.39, 0.29) is 0 Å². The van der Waals surface area contributed by atoms with Crippen molar-refractivity contribution in [1.82, 2.24) is 0 Å². The van der Waals surface area contributed by atoms with Gasteiger partial charge in [0.25, 0.3) is 0 Å². The van der Waals surface area contributed by atoms with Crippen LogP contribution >= 0.6 is 0 Å². The Morgan fingerprint density at radius 1 is 1.67 bits per heavy atom. The van der Waals surface area contributed by atoms with Gasteiger partial charge in [-0.1, -0.05) is 5.92 Å². The van der Waals surface area contributed by atoms with Gasteiger partial charge in [-0.2, -0.15) is 0 Å². The van der Waals surface area contributed by atoms with Gasteiger partial charge in [0.15, 0.2) is 0 Å². The summed E-state index contributed by atoms with van der Waals surface area (Å²) in [5, 5.41) is 8.15. The van der Waals surface area contributed by atoms with Crippen LogP contribution in [-0.4, -0.2) is 18.3 Å². The van der Waals surface area contributed by atoms with Crippen LogP contribution in [-0.2, 0) is 4.74 Å². The van der Waals surface area contributed by atoms with Gasteiger partial charge in [-0.3, -0.25) is 0 Å². The van der Waals surface area contributed by atoms with Crippen molar-refractivity contribution in [3.63, 3.8) is 0 Å². The highest BCUT2D eigenvalue weighted by Gasteiger charge is 1.79. The number of hydrogen-bond acceptors (Lipinski definition) is 2. The molecule has 0 fully saturated rings. The Morgan fingerprint density at radius 2 is 2.44 bits per heavy atom. The molecule has 0 aliphatic carbocycles. The number of rotatable bonds is 4. The molecule has 0 bridgehead atoms. The summed E-state index contributed by atoms with van der Waals surface area (Å²) in [6.07, 6.45) is 8.21. The van der Waals surface area contributed by atoms with E-state index >= 15 is 0 Å². The Balaban J connectivity index is 2.85. The molecule has 0 heterocycles. The number of ether oxygens (including phenoxy) is 1. The molecule has 0 aromatic heterocycles. The molecule has 0 rings (SSSR count). The molecule has 0 saturated heterocycles. The van der Waals surface area contributed by atoms with Gasteiger partial charge in [0, 0.05) is 0 Å². The summed E-state index contributed by atoms with van der Waals surface area (Å²) >= 11 is 0. The van der Waals surface area contributed by atoms with Gasteiger partial charge >= 0.3 is 0 Å². The lowest BCUT2D eigenvalue weighted by Crippen LogP contribution is -1.91. The van der Waals surface area contributed by atoms with E-state index in [9.17, 15) is 0 Å². The third-order valence-electron chi connectivity index (χ3n) is 0.720. The molecular weight excluding hydrogens is 116 g/mol. The average Bonchev–Trinajstić information content (AvgIpc) is 1.89. The van der Waals surface area contributed by atoms with Crippen molar-refractivity contribution in [2.45, 2.75) is 6.42 Å². The molecular formula is C7H10O2. The molecule has 2 heteroatoms. The summed E-state index contributed by atoms with van der Waals surface area (Å²) in [4.78, 5) is 0. The molecule has 0 spiro atoms. The lowest BCUT2D eigenvalue weighted by molar-refractivity contribution is 0.172. The summed E-state index contributed by atoms with van der Waals surface area (Å²) in [6.45, 7) is 0.917. The number of aliphatic hydroxyl groups excluding tert-OH is 1. The number of aliphatic hydroxyl groups is 1. The van der Waals surface area contributed by atoms with E-state index in [0.29, 0.717) is 19.6 Å². The smallest absolute Gasteiger partial charge is 0.107 e. The van der Waals surface area contributed by atoms with Crippen LogP contribution in [0, 0.1) is 12.3 Å². The van der Waals surface area contributed by atoms with Crippen molar-refractivity contribution in [1.29, 1.82) is 0 Å². The zero-order valence-corrected chi connectivity index (χ0v) is 5.21. The standard InChI is InChI=1S/C7H10O2/c1-2-6-9-7-4-3-5-8/h1,3,5,8H,4,6-7H2/b5-3+. The van der Waals surface area contributed by atoms with Crippen LogP contribution in [0.4, 0.5) is 0 Å². The third kappa shape index (κ3) is 7.06.